The summed E-state index contributed by atoms with van der Waals surface area (Å²) in [5.74, 6) is 0. The van der Waals surface area contributed by atoms with Crippen LogP contribution in [0.5, 0.6) is 0 Å². The Morgan fingerprint density at radius 1 is 0.800 bits per heavy atom. The molecule has 1 atom stereocenters. The molecule has 20 heavy (non-hydrogen) atoms. The molecule has 0 aliphatic heterocycles. The average Bonchev–Trinajstić information content (AvgIpc) is 2.43. The lowest BCUT2D eigenvalue weighted by molar-refractivity contribution is 0.100. The van der Waals surface area contributed by atoms with Crippen molar-refractivity contribution in [3.8, 4) is 0 Å². The van der Waals surface area contributed by atoms with Gasteiger partial charge < -0.3 is 10.6 Å². The van der Waals surface area contributed by atoms with Gasteiger partial charge in [-0.25, -0.2) is 0 Å². The van der Waals surface area contributed by atoms with Crippen molar-refractivity contribution in [3.05, 3.63) is 0 Å². The molecule has 0 aromatic carbocycles. The maximum absolute atomic E-state index is 6.51. The van der Waals surface area contributed by atoms with Gasteiger partial charge >= 0.3 is 0 Å². The van der Waals surface area contributed by atoms with Crippen molar-refractivity contribution < 1.29 is 0 Å². The molecule has 0 aromatic rings. The van der Waals surface area contributed by atoms with E-state index in [0.29, 0.717) is 6.04 Å². The smallest absolute Gasteiger partial charge is 0.0349 e. The summed E-state index contributed by atoms with van der Waals surface area (Å²) in [6.45, 7) is 6.83. The fourth-order valence-corrected chi connectivity index (χ4v) is 3.51. The van der Waals surface area contributed by atoms with Crippen molar-refractivity contribution in [2.24, 2.45) is 5.73 Å². The fourth-order valence-electron chi connectivity index (χ4n) is 3.51. The molecule has 2 nitrogen and oxygen atoms in total. The molecule has 122 valence electrons. The minimum Gasteiger partial charge on any atom is -0.326 e. The topological polar surface area (TPSA) is 29.3 Å². The maximum Gasteiger partial charge on any atom is 0.0349 e. The zero-order chi connectivity index (χ0) is 15.4. The maximum atomic E-state index is 6.51. The van der Waals surface area contributed by atoms with Crippen LogP contribution in [0.2, 0.25) is 0 Å². The minimum atomic E-state index is 0.196. The number of hydrogen-bond acceptors (Lipinski definition) is 2. The summed E-state index contributed by atoms with van der Waals surface area (Å²) >= 11 is 0. The first-order valence-corrected chi connectivity index (χ1v) is 8.98. The van der Waals surface area contributed by atoms with Crippen molar-refractivity contribution in [1.82, 2.24) is 4.90 Å². The van der Waals surface area contributed by atoms with Gasteiger partial charge in [0, 0.05) is 11.6 Å². The van der Waals surface area contributed by atoms with Gasteiger partial charge in [-0.3, -0.25) is 0 Å². The van der Waals surface area contributed by atoms with Crippen molar-refractivity contribution in [3.63, 3.8) is 0 Å². The van der Waals surface area contributed by atoms with Crippen LogP contribution in [0.25, 0.3) is 0 Å². The van der Waals surface area contributed by atoms with Gasteiger partial charge in [0.2, 0.25) is 0 Å². The molecule has 2 heteroatoms. The molecule has 0 amide bonds. The SMILES string of the molecule is CCCCCCCCCCC(N)C(CC)(CC)N(C)C. The first-order chi connectivity index (χ1) is 9.55. The second kappa shape index (κ2) is 11.6. The Labute approximate surface area is 128 Å². The fraction of sp³-hybridized carbons (Fsp3) is 1.00. The Hall–Kier alpha value is -0.0800. The van der Waals surface area contributed by atoms with Crippen LogP contribution in [0.3, 0.4) is 0 Å². The Bertz CT molecular complexity index is 209. The van der Waals surface area contributed by atoms with E-state index >= 15 is 0 Å². The predicted octanol–water partition coefficient (Wildman–Crippen LogP) is 4.96. The summed E-state index contributed by atoms with van der Waals surface area (Å²) in [4.78, 5) is 2.35. The Balaban J connectivity index is 3.83. The van der Waals surface area contributed by atoms with Gasteiger partial charge in [-0.1, -0.05) is 72.1 Å². The third-order valence-electron chi connectivity index (χ3n) is 5.17. The van der Waals surface area contributed by atoms with E-state index in [-0.39, 0.29) is 5.54 Å². The highest BCUT2D eigenvalue weighted by Crippen LogP contribution is 2.27. The lowest BCUT2D eigenvalue weighted by Crippen LogP contribution is -2.56. The molecule has 2 N–H and O–H groups in total. The largest absolute Gasteiger partial charge is 0.326 e. The van der Waals surface area contributed by atoms with E-state index in [1.165, 1.54) is 57.8 Å². The van der Waals surface area contributed by atoms with Crippen LogP contribution in [0.15, 0.2) is 0 Å². The highest BCUT2D eigenvalue weighted by molar-refractivity contribution is 4.95. The third kappa shape index (κ3) is 6.58. The molecule has 0 spiro atoms. The van der Waals surface area contributed by atoms with E-state index in [1.54, 1.807) is 0 Å². The molecule has 0 aliphatic rings. The van der Waals surface area contributed by atoms with E-state index in [4.69, 9.17) is 5.73 Å². The summed E-state index contributed by atoms with van der Waals surface area (Å²) in [7, 11) is 4.36. The van der Waals surface area contributed by atoms with Crippen molar-refractivity contribution in [1.29, 1.82) is 0 Å². The molecule has 1 unspecified atom stereocenters. The van der Waals surface area contributed by atoms with E-state index < -0.39 is 0 Å². The van der Waals surface area contributed by atoms with Gasteiger partial charge in [0.1, 0.15) is 0 Å². The second-order valence-corrected chi connectivity index (χ2v) is 6.58. The van der Waals surface area contributed by atoms with E-state index in [0.717, 1.165) is 12.8 Å². The molecule has 0 fully saturated rings. The average molecular weight is 285 g/mol. The molecule has 0 bridgehead atoms. The van der Waals surface area contributed by atoms with Gasteiger partial charge in [0.15, 0.2) is 0 Å². The summed E-state index contributed by atoms with van der Waals surface area (Å²) in [6.07, 6.45) is 14.5. The second-order valence-electron chi connectivity index (χ2n) is 6.58. The first-order valence-electron chi connectivity index (χ1n) is 8.98. The van der Waals surface area contributed by atoms with Crippen molar-refractivity contribution in [2.75, 3.05) is 14.1 Å². The molecule has 0 heterocycles. The van der Waals surface area contributed by atoms with Gasteiger partial charge in [0.25, 0.3) is 0 Å². The Morgan fingerprint density at radius 3 is 1.65 bits per heavy atom. The quantitative estimate of drug-likeness (QED) is 0.484. The van der Waals surface area contributed by atoms with Gasteiger partial charge in [-0.05, 0) is 33.4 Å². The molecular formula is C18H40N2. The Kier molecular flexibility index (Phi) is 11.5. The molecule has 0 aliphatic carbocycles. The number of hydrogen-bond donors (Lipinski definition) is 1. The minimum absolute atomic E-state index is 0.196. The number of unbranched alkanes of at least 4 members (excludes halogenated alkanes) is 7. The van der Waals surface area contributed by atoms with Gasteiger partial charge in [0.05, 0.1) is 0 Å². The molecule has 0 saturated carbocycles. The molecule has 0 saturated heterocycles. The van der Waals surface area contributed by atoms with Crippen LogP contribution in [0.1, 0.15) is 91.4 Å². The van der Waals surface area contributed by atoms with Crippen LogP contribution < -0.4 is 5.73 Å². The van der Waals surface area contributed by atoms with Crippen molar-refractivity contribution >= 4 is 0 Å². The highest BCUT2D eigenvalue weighted by Gasteiger charge is 2.34. The molecule has 0 rings (SSSR count). The van der Waals surface area contributed by atoms with Crippen LogP contribution in [-0.2, 0) is 0 Å². The summed E-state index contributed by atoms with van der Waals surface area (Å²) in [5.41, 5.74) is 6.71. The third-order valence-corrected chi connectivity index (χ3v) is 5.17. The van der Waals surface area contributed by atoms with Crippen molar-refractivity contribution in [2.45, 2.75) is 103 Å². The van der Waals surface area contributed by atoms with Crippen LogP contribution in [0.4, 0.5) is 0 Å². The summed E-state index contributed by atoms with van der Waals surface area (Å²) in [6, 6.07) is 0.313. The lowest BCUT2D eigenvalue weighted by atomic mass is 9.81. The summed E-state index contributed by atoms with van der Waals surface area (Å²) < 4.78 is 0. The van der Waals surface area contributed by atoms with Gasteiger partial charge in [-0.2, -0.15) is 0 Å². The highest BCUT2D eigenvalue weighted by atomic mass is 15.2. The van der Waals surface area contributed by atoms with Gasteiger partial charge in [-0.15, -0.1) is 0 Å². The number of nitrogens with two attached hydrogens (primary N) is 1. The number of nitrogens with zero attached hydrogens (tertiary/aromatic N) is 1. The van der Waals surface area contributed by atoms with E-state index in [2.05, 4.69) is 39.8 Å². The normalized spacial score (nSPS) is 13.9. The van der Waals surface area contributed by atoms with Crippen LogP contribution >= 0.6 is 0 Å². The van der Waals surface area contributed by atoms with E-state index in [1.807, 2.05) is 0 Å². The standard InChI is InChI=1S/C18H40N2/c1-6-9-10-11-12-13-14-15-16-17(19)18(7-2,8-3)20(4)5/h17H,6-16,19H2,1-5H3. The summed E-state index contributed by atoms with van der Waals surface area (Å²) in [5, 5.41) is 0. The van der Waals surface area contributed by atoms with Crippen LogP contribution in [0, 0.1) is 0 Å². The predicted molar refractivity (Wildman–Crippen MR) is 92.2 cm³/mol. The van der Waals surface area contributed by atoms with E-state index in [9.17, 15) is 0 Å². The monoisotopic (exact) mass is 284 g/mol. The molecule has 0 radical (unpaired) electrons. The zero-order valence-corrected chi connectivity index (χ0v) is 14.9. The molecular weight excluding hydrogens is 244 g/mol. The lowest BCUT2D eigenvalue weighted by Gasteiger charge is -2.43. The Morgan fingerprint density at radius 2 is 1.25 bits per heavy atom. The number of likely N-dealkylation sites (N-methyl/N-ethyl adjacent to an activating group) is 1. The van der Waals surface area contributed by atoms with Crippen LogP contribution in [-0.4, -0.2) is 30.6 Å². The number of rotatable bonds is 13. The zero-order valence-electron chi connectivity index (χ0n) is 14.9. The first kappa shape index (κ1) is 19.9. The molecule has 0 aromatic heterocycles.